The van der Waals surface area contributed by atoms with Crippen LogP contribution in [0.5, 0.6) is 0 Å². The first-order valence-electron chi connectivity index (χ1n) is 9.90. The van der Waals surface area contributed by atoms with Crippen LogP contribution in [-0.4, -0.2) is 27.1 Å². The number of benzene rings is 2. The standard InChI is InChI=1S/C21H21ClF3O5PS2/c1-3-29-31(26,30-4-2)17(20-19(22)16-7-5-6-8-18(16)32-20)13-14-9-11-15(12-10-14)33(27,28)21(23,24)25/h5-12,17H,3-4,13H2,1-2H3. The van der Waals surface area contributed by atoms with Crippen LogP contribution >= 0.6 is 30.5 Å². The molecule has 1 atom stereocenters. The normalized spacial score (nSPS) is 14.0. The van der Waals surface area contributed by atoms with Crippen molar-refractivity contribution in [2.75, 3.05) is 13.2 Å². The lowest BCUT2D eigenvalue weighted by Crippen LogP contribution is -2.23. The molecule has 1 heterocycles. The first-order valence-corrected chi connectivity index (χ1v) is 14.2. The van der Waals surface area contributed by atoms with Crippen LogP contribution in [0.15, 0.2) is 53.4 Å². The van der Waals surface area contributed by atoms with Crippen LogP contribution in [-0.2, 0) is 29.9 Å². The van der Waals surface area contributed by atoms with Crippen molar-refractivity contribution in [1.29, 1.82) is 0 Å². The maximum atomic E-state index is 13.8. The van der Waals surface area contributed by atoms with Crippen LogP contribution in [0.2, 0.25) is 5.02 Å². The van der Waals surface area contributed by atoms with Crippen LogP contribution < -0.4 is 0 Å². The third-order valence-electron chi connectivity index (χ3n) is 4.83. The fourth-order valence-electron chi connectivity index (χ4n) is 3.33. The van der Waals surface area contributed by atoms with E-state index in [4.69, 9.17) is 20.6 Å². The van der Waals surface area contributed by atoms with Crippen LogP contribution in [0.1, 0.15) is 29.9 Å². The molecule has 0 aliphatic rings. The van der Waals surface area contributed by atoms with E-state index in [1.807, 2.05) is 24.3 Å². The SMILES string of the molecule is CCOP(=O)(OCC)C(Cc1ccc(S(=O)(=O)C(F)(F)F)cc1)c1sc2ccccc2c1Cl. The highest BCUT2D eigenvalue weighted by Crippen LogP contribution is 2.64. The Kier molecular flexibility index (Phi) is 7.98. The number of hydrogen-bond acceptors (Lipinski definition) is 6. The molecule has 0 saturated heterocycles. The van der Waals surface area contributed by atoms with Gasteiger partial charge in [-0.15, -0.1) is 11.3 Å². The molecule has 0 aliphatic carbocycles. The van der Waals surface area contributed by atoms with E-state index in [0.29, 0.717) is 15.5 Å². The zero-order valence-corrected chi connectivity index (χ0v) is 20.9. The fraction of sp³-hybridized carbons (Fsp3) is 0.333. The van der Waals surface area contributed by atoms with Gasteiger partial charge in [-0.3, -0.25) is 4.57 Å². The number of fused-ring (bicyclic) bond motifs is 1. The van der Waals surface area contributed by atoms with Gasteiger partial charge >= 0.3 is 13.1 Å². The number of rotatable bonds is 9. The Morgan fingerprint density at radius 1 is 1.03 bits per heavy atom. The second-order valence-electron chi connectivity index (χ2n) is 6.96. The monoisotopic (exact) mass is 540 g/mol. The molecule has 3 rings (SSSR count). The smallest absolute Gasteiger partial charge is 0.308 e. The van der Waals surface area contributed by atoms with E-state index in [-0.39, 0.29) is 19.6 Å². The quantitative estimate of drug-likeness (QED) is 0.264. The highest BCUT2D eigenvalue weighted by Gasteiger charge is 2.47. The van der Waals surface area contributed by atoms with Crippen molar-refractivity contribution >= 4 is 50.5 Å². The first-order chi connectivity index (χ1) is 15.4. The molecule has 33 heavy (non-hydrogen) atoms. The third kappa shape index (κ3) is 5.31. The van der Waals surface area contributed by atoms with Crippen molar-refractivity contribution in [1.82, 2.24) is 0 Å². The number of alkyl halides is 3. The molecule has 5 nitrogen and oxygen atoms in total. The largest absolute Gasteiger partial charge is 0.501 e. The highest BCUT2D eigenvalue weighted by molar-refractivity contribution is 7.92. The molecule has 3 aromatic rings. The van der Waals surface area contributed by atoms with Gasteiger partial charge in [0.25, 0.3) is 9.84 Å². The molecular formula is C21H21ClF3O5PS2. The van der Waals surface area contributed by atoms with Gasteiger partial charge in [-0.25, -0.2) is 8.42 Å². The molecule has 0 bridgehead atoms. The number of halogens is 4. The summed E-state index contributed by atoms with van der Waals surface area (Å²) < 4.78 is 87.6. The Labute approximate surface area is 198 Å². The molecular weight excluding hydrogens is 520 g/mol. The van der Waals surface area contributed by atoms with Crippen molar-refractivity contribution in [3.8, 4) is 0 Å². The van der Waals surface area contributed by atoms with Gasteiger partial charge in [0.1, 0.15) is 5.66 Å². The lowest BCUT2D eigenvalue weighted by Gasteiger charge is -2.26. The topological polar surface area (TPSA) is 69.7 Å². The minimum Gasteiger partial charge on any atom is -0.308 e. The van der Waals surface area contributed by atoms with E-state index in [0.717, 1.165) is 22.2 Å². The maximum absolute atomic E-state index is 13.8. The molecule has 2 aromatic carbocycles. The van der Waals surface area contributed by atoms with Gasteiger partial charge in [0.2, 0.25) is 0 Å². The van der Waals surface area contributed by atoms with Crippen LogP contribution in [0.25, 0.3) is 10.1 Å². The summed E-state index contributed by atoms with van der Waals surface area (Å²) in [4.78, 5) is -0.303. The number of hydrogen-bond donors (Lipinski definition) is 0. The summed E-state index contributed by atoms with van der Waals surface area (Å²) in [5.41, 5.74) is -5.79. The van der Waals surface area contributed by atoms with Crippen molar-refractivity contribution in [2.45, 2.75) is 36.3 Å². The predicted molar refractivity (Wildman–Crippen MR) is 124 cm³/mol. The summed E-state index contributed by atoms with van der Waals surface area (Å²) in [7, 11) is -9.21. The summed E-state index contributed by atoms with van der Waals surface area (Å²) in [6.45, 7) is 3.57. The molecule has 0 amide bonds. The molecule has 0 spiro atoms. The van der Waals surface area contributed by atoms with E-state index in [9.17, 15) is 26.2 Å². The summed E-state index contributed by atoms with van der Waals surface area (Å²) in [5.74, 6) is 0. The van der Waals surface area contributed by atoms with E-state index in [2.05, 4.69) is 0 Å². The third-order valence-corrected chi connectivity index (χ3v) is 10.8. The Balaban J connectivity index is 2.07. The fourth-order valence-corrected chi connectivity index (χ4v) is 8.27. The van der Waals surface area contributed by atoms with Crippen LogP contribution in [0, 0.1) is 0 Å². The van der Waals surface area contributed by atoms with Crippen molar-refractivity contribution in [3.63, 3.8) is 0 Å². The lowest BCUT2D eigenvalue weighted by atomic mass is 10.1. The molecule has 180 valence electrons. The van der Waals surface area contributed by atoms with E-state index >= 15 is 0 Å². The molecule has 12 heteroatoms. The first kappa shape index (κ1) is 26.2. The van der Waals surface area contributed by atoms with Gasteiger partial charge in [-0.05, 0) is 44.0 Å². The predicted octanol–water partition coefficient (Wildman–Crippen LogP) is 7.40. The van der Waals surface area contributed by atoms with Gasteiger partial charge in [-0.1, -0.05) is 41.9 Å². The summed E-state index contributed by atoms with van der Waals surface area (Å²) in [5, 5.41) is 1.17. The van der Waals surface area contributed by atoms with Gasteiger partial charge in [0, 0.05) is 15.0 Å². The van der Waals surface area contributed by atoms with Crippen molar-refractivity contribution in [3.05, 3.63) is 64.0 Å². The Morgan fingerprint density at radius 3 is 2.12 bits per heavy atom. The molecule has 1 unspecified atom stereocenters. The minimum atomic E-state index is -5.47. The average Bonchev–Trinajstić information content (AvgIpc) is 3.08. The van der Waals surface area contributed by atoms with Crippen molar-refractivity contribution < 1.29 is 35.2 Å². The second kappa shape index (κ2) is 10.1. The van der Waals surface area contributed by atoms with Crippen LogP contribution in [0.3, 0.4) is 0 Å². The highest BCUT2D eigenvalue weighted by atomic mass is 35.5. The average molecular weight is 541 g/mol. The molecule has 1 aromatic heterocycles. The van der Waals surface area contributed by atoms with Gasteiger partial charge in [0.05, 0.1) is 23.1 Å². The van der Waals surface area contributed by atoms with E-state index in [1.54, 1.807) is 13.8 Å². The van der Waals surface area contributed by atoms with E-state index in [1.165, 1.54) is 23.5 Å². The zero-order valence-electron chi connectivity index (χ0n) is 17.6. The lowest BCUT2D eigenvalue weighted by molar-refractivity contribution is -0.0436. The maximum Gasteiger partial charge on any atom is 0.501 e. The minimum absolute atomic E-state index is 0.0518. The number of sulfone groups is 1. The van der Waals surface area contributed by atoms with E-state index < -0.39 is 33.5 Å². The Bertz CT molecular complexity index is 1260. The Hall–Kier alpha value is -1.42. The van der Waals surface area contributed by atoms with Gasteiger partial charge in [-0.2, -0.15) is 13.2 Å². The van der Waals surface area contributed by atoms with Gasteiger partial charge < -0.3 is 9.05 Å². The summed E-state index contributed by atoms with van der Waals surface area (Å²) >= 11 is 7.97. The van der Waals surface area contributed by atoms with Gasteiger partial charge in [0.15, 0.2) is 0 Å². The van der Waals surface area contributed by atoms with Crippen molar-refractivity contribution in [2.24, 2.45) is 0 Å². The Morgan fingerprint density at radius 2 is 1.61 bits per heavy atom. The summed E-state index contributed by atoms with van der Waals surface area (Å²) in [6.07, 6.45) is 0.0518. The molecule has 0 N–H and O–H groups in total. The van der Waals surface area contributed by atoms with Crippen LogP contribution in [0.4, 0.5) is 13.2 Å². The second-order valence-corrected chi connectivity index (χ2v) is 12.6. The molecule has 0 radical (unpaired) electrons. The number of thiophene rings is 1. The zero-order chi connectivity index (χ0) is 24.4. The molecule has 0 saturated carbocycles. The summed E-state index contributed by atoms with van der Waals surface area (Å²) in [6, 6.07) is 11.7. The molecule has 0 aliphatic heterocycles. The molecule has 0 fully saturated rings.